The van der Waals surface area contributed by atoms with Gasteiger partial charge in [-0.1, -0.05) is 41.4 Å². The molecule has 0 N–H and O–H groups in total. The first-order valence-electron chi connectivity index (χ1n) is 6.35. The third kappa shape index (κ3) is 3.42. The number of rotatable bonds is 3. The van der Waals surface area contributed by atoms with Gasteiger partial charge >= 0.3 is 0 Å². The maximum atomic E-state index is 6.19. The molecule has 0 unspecified atom stereocenters. The molecule has 1 heterocycles. The van der Waals surface area contributed by atoms with Crippen LogP contribution in [-0.2, 0) is 6.54 Å². The average Bonchev–Trinajstić information content (AvgIpc) is 2.92. The van der Waals surface area contributed by atoms with Crippen LogP contribution in [0.3, 0.4) is 0 Å². The lowest BCUT2D eigenvalue weighted by Gasteiger charge is -2.06. The zero-order valence-electron chi connectivity index (χ0n) is 10.9. The van der Waals surface area contributed by atoms with E-state index in [4.69, 9.17) is 23.2 Å². The van der Waals surface area contributed by atoms with E-state index in [2.05, 4.69) is 52.0 Å². The topological polar surface area (TPSA) is 17.8 Å². The molecule has 0 spiro atoms. The predicted octanol–water partition coefficient (Wildman–Crippen LogP) is 5.51. The van der Waals surface area contributed by atoms with Gasteiger partial charge < -0.3 is 0 Å². The second-order valence-corrected chi connectivity index (χ2v) is 6.69. The molecule has 2 nitrogen and oxygen atoms in total. The molecule has 0 bridgehead atoms. The molecular formula is C16H11Cl2IN2. The minimum absolute atomic E-state index is 0.558. The molecule has 0 radical (unpaired) electrons. The normalized spacial score (nSPS) is 10.8. The smallest absolute Gasteiger partial charge is 0.0688 e. The van der Waals surface area contributed by atoms with E-state index in [1.165, 1.54) is 3.57 Å². The summed E-state index contributed by atoms with van der Waals surface area (Å²) in [7, 11) is 0. The summed E-state index contributed by atoms with van der Waals surface area (Å²) < 4.78 is 3.06. The highest BCUT2D eigenvalue weighted by Crippen LogP contribution is 2.26. The van der Waals surface area contributed by atoms with Crippen LogP contribution in [0.4, 0.5) is 0 Å². The molecule has 5 heteroatoms. The summed E-state index contributed by atoms with van der Waals surface area (Å²) in [5, 5.41) is 5.71. The van der Waals surface area contributed by atoms with Crippen molar-refractivity contribution in [3.8, 4) is 11.1 Å². The van der Waals surface area contributed by atoms with Crippen molar-refractivity contribution in [3.63, 3.8) is 0 Å². The lowest BCUT2D eigenvalue weighted by Crippen LogP contribution is -2.01. The van der Waals surface area contributed by atoms with Crippen molar-refractivity contribution in [3.05, 3.63) is 74.0 Å². The molecule has 21 heavy (non-hydrogen) atoms. The van der Waals surface area contributed by atoms with Gasteiger partial charge in [0.15, 0.2) is 0 Å². The molecule has 0 aliphatic carbocycles. The number of benzene rings is 2. The van der Waals surface area contributed by atoms with Crippen molar-refractivity contribution in [2.45, 2.75) is 6.54 Å². The lowest BCUT2D eigenvalue weighted by molar-refractivity contribution is 0.687. The van der Waals surface area contributed by atoms with Crippen LogP contribution in [0.1, 0.15) is 5.56 Å². The Morgan fingerprint density at radius 2 is 1.62 bits per heavy atom. The zero-order valence-corrected chi connectivity index (χ0v) is 14.6. The number of halogens is 3. The van der Waals surface area contributed by atoms with Crippen molar-refractivity contribution in [1.82, 2.24) is 9.78 Å². The first kappa shape index (κ1) is 14.9. The van der Waals surface area contributed by atoms with Crippen LogP contribution in [0.25, 0.3) is 11.1 Å². The molecule has 0 atom stereocenters. The lowest BCUT2D eigenvalue weighted by atomic mass is 10.1. The average molecular weight is 429 g/mol. The van der Waals surface area contributed by atoms with E-state index in [9.17, 15) is 0 Å². The Kier molecular flexibility index (Phi) is 4.52. The summed E-state index contributed by atoms with van der Waals surface area (Å²) in [6.07, 6.45) is 3.86. The minimum Gasteiger partial charge on any atom is -0.268 e. The van der Waals surface area contributed by atoms with Crippen LogP contribution in [0.5, 0.6) is 0 Å². The molecule has 2 aromatic carbocycles. The monoisotopic (exact) mass is 428 g/mol. The van der Waals surface area contributed by atoms with Crippen LogP contribution in [0, 0.1) is 3.57 Å². The van der Waals surface area contributed by atoms with Crippen molar-refractivity contribution in [2.24, 2.45) is 0 Å². The van der Waals surface area contributed by atoms with E-state index in [0.29, 0.717) is 16.6 Å². The van der Waals surface area contributed by atoms with Crippen molar-refractivity contribution in [1.29, 1.82) is 0 Å². The van der Waals surface area contributed by atoms with Crippen LogP contribution >= 0.6 is 45.8 Å². The summed E-state index contributed by atoms with van der Waals surface area (Å²) in [5.41, 5.74) is 3.11. The van der Waals surface area contributed by atoms with Gasteiger partial charge in [0.05, 0.1) is 12.7 Å². The highest BCUT2D eigenvalue weighted by Gasteiger charge is 2.08. The first-order chi connectivity index (χ1) is 10.1. The SMILES string of the molecule is Clc1cccc(Cl)c1Cn1cc(-c2ccc(I)cc2)cn1. The molecule has 1 aromatic heterocycles. The van der Waals surface area contributed by atoms with Gasteiger partial charge in [-0.25, -0.2) is 0 Å². The molecule has 0 aliphatic heterocycles. The highest BCUT2D eigenvalue weighted by molar-refractivity contribution is 14.1. The third-order valence-electron chi connectivity index (χ3n) is 3.19. The second kappa shape index (κ2) is 6.38. The van der Waals surface area contributed by atoms with Crippen molar-refractivity contribution >= 4 is 45.8 Å². The molecule has 0 aliphatic rings. The van der Waals surface area contributed by atoms with E-state index in [0.717, 1.165) is 16.7 Å². The Balaban J connectivity index is 1.87. The molecule has 0 fully saturated rings. The summed E-state index contributed by atoms with van der Waals surface area (Å²) in [6, 6.07) is 13.9. The molecule has 106 valence electrons. The van der Waals surface area contributed by atoms with Crippen molar-refractivity contribution < 1.29 is 0 Å². The van der Waals surface area contributed by atoms with Crippen molar-refractivity contribution in [2.75, 3.05) is 0 Å². The van der Waals surface area contributed by atoms with Gasteiger partial charge in [0.2, 0.25) is 0 Å². The van der Waals surface area contributed by atoms with Crippen LogP contribution in [-0.4, -0.2) is 9.78 Å². The molecule has 0 saturated carbocycles. The highest BCUT2D eigenvalue weighted by atomic mass is 127. The number of nitrogens with zero attached hydrogens (tertiary/aromatic N) is 2. The summed E-state index contributed by atoms with van der Waals surface area (Å²) in [4.78, 5) is 0. The zero-order chi connectivity index (χ0) is 14.8. The van der Waals surface area contributed by atoms with E-state index in [-0.39, 0.29) is 0 Å². The molecule has 0 amide bonds. The first-order valence-corrected chi connectivity index (χ1v) is 8.18. The quantitative estimate of drug-likeness (QED) is 0.503. The predicted molar refractivity (Wildman–Crippen MR) is 95.9 cm³/mol. The Labute approximate surface area is 146 Å². The van der Waals surface area contributed by atoms with Gasteiger partial charge in [0.1, 0.15) is 0 Å². The van der Waals surface area contributed by atoms with Gasteiger partial charge in [0, 0.05) is 30.9 Å². The summed E-state index contributed by atoms with van der Waals surface area (Å²) in [6.45, 7) is 0.558. The molecule has 3 rings (SSSR count). The van der Waals surface area contributed by atoms with Crippen LogP contribution < -0.4 is 0 Å². The second-order valence-electron chi connectivity index (χ2n) is 4.63. The van der Waals surface area contributed by atoms with E-state index >= 15 is 0 Å². The standard InChI is InChI=1S/C16H11Cl2IN2/c17-15-2-1-3-16(18)14(15)10-21-9-12(8-20-21)11-4-6-13(19)7-5-11/h1-9H,10H2. The Hall–Kier alpha value is -1.04. The number of hydrogen-bond acceptors (Lipinski definition) is 1. The Morgan fingerprint density at radius 1 is 0.952 bits per heavy atom. The third-order valence-corrected chi connectivity index (χ3v) is 4.62. The Bertz CT molecular complexity index is 746. The fraction of sp³-hybridized carbons (Fsp3) is 0.0625. The summed E-state index contributed by atoms with van der Waals surface area (Å²) >= 11 is 14.7. The fourth-order valence-corrected chi connectivity index (χ4v) is 2.96. The maximum Gasteiger partial charge on any atom is 0.0688 e. The van der Waals surface area contributed by atoms with Crippen LogP contribution in [0.2, 0.25) is 10.0 Å². The van der Waals surface area contributed by atoms with Gasteiger partial charge in [-0.05, 0) is 52.4 Å². The van der Waals surface area contributed by atoms with Gasteiger partial charge in [0.25, 0.3) is 0 Å². The number of aromatic nitrogens is 2. The largest absolute Gasteiger partial charge is 0.268 e. The molecule has 0 saturated heterocycles. The number of hydrogen-bond donors (Lipinski definition) is 0. The van der Waals surface area contributed by atoms with E-state index in [1.54, 1.807) is 0 Å². The summed E-state index contributed by atoms with van der Waals surface area (Å²) in [5.74, 6) is 0. The Morgan fingerprint density at radius 3 is 2.29 bits per heavy atom. The van der Waals surface area contributed by atoms with Crippen LogP contribution in [0.15, 0.2) is 54.9 Å². The van der Waals surface area contributed by atoms with E-state index < -0.39 is 0 Å². The molecular weight excluding hydrogens is 418 g/mol. The maximum absolute atomic E-state index is 6.19. The molecule has 3 aromatic rings. The minimum atomic E-state index is 0.558. The fourth-order valence-electron chi connectivity index (χ4n) is 2.09. The van der Waals surface area contributed by atoms with E-state index in [1.807, 2.05) is 35.3 Å². The van der Waals surface area contributed by atoms with Gasteiger partial charge in [-0.2, -0.15) is 5.10 Å². The van der Waals surface area contributed by atoms with Gasteiger partial charge in [-0.3, -0.25) is 4.68 Å². The van der Waals surface area contributed by atoms with Gasteiger partial charge in [-0.15, -0.1) is 0 Å².